The lowest BCUT2D eigenvalue weighted by Crippen LogP contribution is -2.14. The number of hydrogen-bond donors (Lipinski definition) is 3. The van der Waals surface area contributed by atoms with Gasteiger partial charge in [-0.15, -0.1) is 0 Å². The first-order valence-corrected chi connectivity index (χ1v) is 8.41. The molecular formula is C19H16ClN5O2. The van der Waals surface area contributed by atoms with Crippen molar-refractivity contribution >= 4 is 46.3 Å². The van der Waals surface area contributed by atoms with Crippen LogP contribution in [0, 0.1) is 0 Å². The average Bonchev–Trinajstić information content (AvgIpc) is 2.64. The van der Waals surface area contributed by atoms with E-state index < -0.39 is 0 Å². The molecule has 0 atom stereocenters. The van der Waals surface area contributed by atoms with E-state index in [0.717, 1.165) is 5.69 Å². The van der Waals surface area contributed by atoms with Crippen LogP contribution in [0.15, 0.2) is 60.9 Å². The summed E-state index contributed by atoms with van der Waals surface area (Å²) < 4.78 is 0. The van der Waals surface area contributed by atoms with Gasteiger partial charge in [0.1, 0.15) is 11.5 Å². The van der Waals surface area contributed by atoms with Gasteiger partial charge in [0.25, 0.3) is 5.91 Å². The van der Waals surface area contributed by atoms with E-state index in [1.165, 1.54) is 19.3 Å². The van der Waals surface area contributed by atoms with Crippen LogP contribution in [-0.2, 0) is 4.79 Å². The van der Waals surface area contributed by atoms with E-state index in [2.05, 4.69) is 25.9 Å². The van der Waals surface area contributed by atoms with E-state index in [1.807, 2.05) is 6.07 Å². The van der Waals surface area contributed by atoms with Crippen LogP contribution in [0.5, 0.6) is 0 Å². The number of nitrogens with one attached hydrogen (secondary N) is 3. The smallest absolute Gasteiger partial charge is 0.275 e. The minimum atomic E-state index is -0.371. The van der Waals surface area contributed by atoms with Crippen molar-refractivity contribution in [3.8, 4) is 0 Å². The first kappa shape index (κ1) is 18.3. The SMILES string of the molecule is CC(=O)Nc1cccc(Nc2cnc(C(=O)Nc3ccc(Cl)cc3)cn2)c1. The standard InChI is InChI=1S/C19H16ClN5O2/c1-12(26)23-15-3-2-4-16(9-15)24-18-11-21-17(10-22-18)19(27)25-14-7-5-13(20)6-8-14/h2-11H,1H3,(H,22,24)(H,23,26)(H,25,27). The molecule has 3 aromatic rings. The summed E-state index contributed by atoms with van der Waals surface area (Å²) in [7, 11) is 0. The number of nitrogens with zero attached hydrogens (tertiary/aromatic N) is 2. The van der Waals surface area contributed by atoms with Crippen LogP contribution >= 0.6 is 11.6 Å². The topological polar surface area (TPSA) is 96.0 Å². The van der Waals surface area contributed by atoms with Crippen LogP contribution in [-0.4, -0.2) is 21.8 Å². The maximum atomic E-state index is 12.2. The summed E-state index contributed by atoms with van der Waals surface area (Å²) in [6, 6.07) is 13.9. The summed E-state index contributed by atoms with van der Waals surface area (Å²) >= 11 is 5.82. The van der Waals surface area contributed by atoms with E-state index in [4.69, 9.17) is 11.6 Å². The highest BCUT2D eigenvalue weighted by Crippen LogP contribution is 2.19. The summed E-state index contributed by atoms with van der Waals surface area (Å²) in [6.07, 6.45) is 2.84. The first-order valence-electron chi connectivity index (χ1n) is 8.03. The minimum Gasteiger partial charge on any atom is -0.339 e. The number of carbonyl (C=O) groups is 2. The summed E-state index contributed by atoms with van der Waals surface area (Å²) in [4.78, 5) is 31.7. The van der Waals surface area contributed by atoms with Crippen LogP contribution in [0.2, 0.25) is 5.02 Å². The molecule has 0 fully saturated rings. The number of anilines is 4. The molecule has 0 aliphatic rings. The normalized spacial score (nSPS) is 10.1. The Morgan fingerprint density at radius 2 is 1.63 bits per heavy atom. The number of halogens is 1. The number of amides is 2. The van der Waals surface area contributed by atoms with Crippen molar-refractivity contribution in [2.24, 2.45) is 0 Å². The summed E-state index contributed by atoms with van der Waals surface area (Å²) in [5, 5.41) is 9.08. The fourth-order valence-corrected chi connectivity index (χ4v) is 2.39. The number of benzene rings is 2. The van der Waals surface area contributed by atoms with Crippen LogP contribution in [0.1, 0.15) is 17.4 Å². The Hall–Kier alpha value is -3.45. The van der Waals surface area contributed by atoms with Gasteiger partial charge in [-0.25, -0.2) is 9.97 Å². The molecule has 1 aromatic heterocycles. The van der Waals surface area contributed by atoms with Crippen LogP contribution < -0.4 is 16.0 Å². The van der Waals surface area contributed by atoms with Gasteiger partial charge in [-0.05, 0) is 42.5 Å². The van der Waals surface area contributed by atoms with E-state index in [9.17, 15) is 9.59 Å². The second kappa shape index (κ2) is 8.29. The highest BCUT2D eigenvalue weighted by atomic mass is 35.5. The molecule has 0 unspecified atom stereocenters. The highest BCUT2D eigenvalue weighted by Gasteiger charge is 2.09. The number of hydrogen-bond acceptors (Lipinski definition) is 5. The summed E-state index contributed by atoms with van der Waals surface area (Å²) in [6.45, 7) is 1.44. The van der Waals surface area contributed by atoms with Crippen LogP contribution in [0.4, 0.5) is 22.9 Å². The number of aromatic nitrogens is 2. The molecule has 2 aromatic carbocycles. The van der Waals surface area contributed by atoms with Gasteiger partial charge in [0, 0.05) is 29.0 Å². The molecule has 3 rings (SSSR count). The number of carbonyl (C=O) groups excluding carboxylic acids is 2. The molecule has 8 heteroatoms. The monoisotopic (exact) mass is 381 g/mol. The molecule has 0 radical (unpaired) electrons. The zero-order valence-electron chi connectivity index (χ0n) is 14.4. The molecule has 0 bridgehead atoms. The first-order chi connectivity index (χ1) is 13.0. The van der Waals surface area contributed by atoms with Gasteiger partial charge in [-0.1, -0.05) is 17.7 Å². The quantitative estimate of drug-likeness (QED) is 0.618. The third kappa shape index (κ3) is 5.26. The molecule has 0 spiro atoms. The Bertz CT molecular complexity index is 959. The molecule has 136 valence electrons. The average molecular weight is 382 g/mol. The predicted octanol–water partition coefficient (Wildman–Crippen LogP) is 4.08. The highest BCUT2D eigenvalue weighted by molar-refractivity contribution is 6.30. The zero-order chi connectivity index (χ0) is 19.2. The lowest BCUT2D eigenvalue weighted by Gasteiger charge is -2.09. The van der Waals surface area contributed by atoms with Crippen molar-refractivity contribution in [1.29, 1.82) is 0 Å². The van der Waals surface area contributed by atoms with Gasteiger partial charge in [-0.3, -0.25) is 9.59 Å². The van der Waals surface area contributed by atoms with Crippen molar-refractivity contribution in [2.75, 3.05) is 16.0 Å². The fraction of sp³-hybridized carbons (Fsp3) is 0.0526. The van der Waals surface area contributed by atoms with Gasteiger partial charge in [-0.2, -0.15) is 0 Å². The minimum absolute atomic E-state index is 0.150. The van der Waals surface area contributed by atoms with E-state index in [1.54, 1.807) is 42.5 Å². The van der Waals surface area contributed by atoms with Gasteiger partial charge < -0.3 is 16.0 Å². The Labute approximate surface area is 160 Å². The molecule has 2 amide bonds. The summed E-state index contributed by atoms with van der Waals surface area (Å²) in [5.74, 6) is -0.0509. The molecule has 0 aliphatic carbocycles. The predicted molar refractivity (Wildman–Crippen MR) is 105 cm³/mol. The van der Waals surface area contributed by atoms with Crippen molar-refractivity contribution < 1.29 is 9.59 Å². The van der Waals surface area contributed by atoms with Crippen molar-refractivity contribution in [2.45, 2.75) is 6.92 Å². The van der Waals surface area contributed by atoms with Crippen LogP contribution in [0.3, 0.4) is 0 Å². The Balaban J connectivity index is 1.65. The molecule has 27 heavy (non-hydrogen) atoms. The fourth-order valence-electron chi connectivity index (χ4n) is 2.26. The molecule has 1 heterocycles. The maximum absolute atomic E-state index is 12.2. The largest absolute Gasteiger partial charge is 0.339 e. The lowest BCUT2D eigenvalue weighted by atomic mass is 10.2. The zero-order valence-corrected chi connectivity index (χ0v) is 15.1. The van der Waals surface area contributed by atoms with E-state index in [-0.39, 0.29) is 17.5 Å². The van der Waals surface area contributed by atoms with E-state index >= 15 is 0 Å². The maximum Gasteiger partial charge on any atom is 0.275 e. The van der Waals surface area contributed by atoms with Crippen LogP contribution in [0.25, 0.3) is 0 Å². The lowest BCUT2D eigenvalue weighted by molar-refractivity contribution is -0.114. The van der Waals surface area contributed by atoms with Gasteiger partial charge in [0.15, 0.2) is 0 Å². The van der Waals surface area contributed by atoms with Crippen molar-refractivity contribution in [1.82, 2.24) is 9.97 Å². The Morgan fingerprint density at radius 1 is 0.889 bits per heavy atom. The van der Waals surface area contributed by atoms with Gasteiger partial charge >= 0.3 is 0 Å². The third-order valence-electron chi connectivity index (χ3n) is 3.44. The van der Waals surface area contributed by atoms with Crippen molar-refractivity contribution in [3.63, 3.8) is 0 Å². The second-order valence-electron chi connectivity index (χ2n) is 5.63. The van der Waals surface area contributed by atoms with Crippen molar-refractivity contribution in [3.05, 3.63) is 71.6 Å². The van der Waals surface area contributed by atoms with Gasteiger partial charge in [0.2, 0.25) is 5.91 Å². The molecule has 3 N–H and O–H groups in total. The number of rotatable bonds is 5. The molecule has 7 nitrogen and oxygen atoms in total. The molecule has 0 saturated heterocycles. The summed E-state index contributed by atoms with van der Waals surface area (Å²) in [5.41, 5.74) is 2.19. The van der Waals surface area contributed by atoms with Gasteiger partial charge in [0.05, 0.1) is 12.4 Å². The Morgan fingerprint density at radius 3 is 2.30 bits per heavy atom. The van der Waals surface area contributed by atoms with E-state index in [0.29, 0.717) is 22.2 Å². The third-order valence-corrected chi connectivity index (χ3v) is 3.69. The molecule has 0 saturated carbocycles. The Kier molecular flexibility index (Phi) is 5.63. The molecular weight excluding hydrogens is 366 g/mol. The molecule has 0 aliphatic heterocycles. The second-order valence-corrected chi connectivity index (χ2v) is 6.07.